The van der Waals surface area contributed by atoms with Crippen LogP contribution < -0.4 is 0 Å². The van der Waals surface area contributed by atoms with E-state index < -0.39 is 0 Å². The Labute approximate surface area is 70.0 Å². The molecule has 0 aromatic rings. The summed E-state index contributed by atoms with van der Waals surface area (Å²) >= 11 is 0. The van der Waals surface area contributed by atoms with Gasteiger partial charge in [0.05, 0.1) is 0 Å². The average molecular weight is 150 g/mol. The zero-order valence-electron chi connectivity index (χ0n) is 7.42. The third-order valence-corrected chi connectivity index (χ3v) is 2.68. The van der Waals surface area contributed by atoms with E-state index in [0.29, 0.717) is 0 Å². The minimum absolute atomic E-state index is 0.845. The summed E-state index contributed by atoms with van der Waals surface area (Å²) in [5.74, 6) is 1.84. The molecule has 2 unspecified atom stereocenters. The molecule has 2 atom stereocenters. The van der Waals surface area contributed by atoms with Crippen LogP contribution in [0.3, 0.4) is 0 Å². The first-order valence-electron chi connectivity index (χ1n) is 4.66. The van der Waals surface area contributed by atoms with Crippen LogP contribution in [-0.4, -0.2) is 0 Å². The van der Waals surface area contributed by atoms with Gasteiger partial charge < -0.3 is 0 Å². The minimum Gasteiger partial charge on any atom is -0.0991 e. The van der Waals surface area contributed by atoms with Crippen LogP contribution in [0.1, 0.15) is 32.6 Å². The number of hydrogen-bond donors (Lipinski definition) is 0. The van der Waals surface area contributed by atoms with Crippen molar-refractivity contribution in [3.8, 4) is 0 Å². The van der Waals surface area contributed by atoms with Gasteiger partial charge in [-0.3, -0.25) is 0 Å². The fourth-order valence-electron chi connectivity index (χ4n) is 1.89. The smallest absolute Gasteiger partial charge is 0.0228 e. The molecular formula is C11H18. The van der Waals surface area contributed by atoms with Crippen molar-refractivity contribution in [3.05, 3.63) is 24.8 Å². The van der Waals surface area contributed by atoms with Gasteiger partial charge in [0, 0.05) is 0 Å². The van der Waals surface area contributed by atoms with Crippen LogP contribution in [-0.2, 0) is 0 Å². The van der Waals surface area contributed by atoms with Gasteiger partial charge in [-0.1, -0.05) is 38.2 Å². The van der Waals surface area contributed by atoms with E-state index in [1.54, 1.807) is 0 Å². The predicted molar refractivity (Wildman–Crippen MR) is 50.5 cm³/mol. The van der Waals surface area contributed by atoms with Gasteiger partial charge in [0.15, 0.2) is 0 Å². The summed E-state index contributed by atoms with van der Waals surface area (Å²) in [5, 5.41) is 0. The summed E-state index contributed by atoms with van der Waals surface area (Å²) in [6.45, 7) is 5.97. The minimum atomic E-state index is 0.845. The summed E-state index contributed by atoms with van der Waals surface area (Å²) in [6.07, 6.45) is 11.9. The molecule has 0 heterocycles. The number of allylic oxidation sites excluding steroid dienone is 3. The molecule has 0 aliphatic heterocycles. The van der Waals surface area contributed by atoms with E-state index in [4.69, 9.17) is 0 Å². The molecule has 1 aliphatic carbocycles. The molecule has 0 heteroatoms. The average Bonchev–Trinajstić information content (AvgIpc) is 2.48. The Kier molecular flexibility index (Phi) is 3.41. The zero-order valence-corrected chi connectivity index (χ0v) is 7.42. The highest BCUT2D eigenvalue weighted by Crippen LogP contribution is 2.33. The normalized spacial score (nSPS) is 31.4. The Bertz CT molecular complexity index is 144. The molecule has 11 heavy (non-hydrogen) atoms. The molecule has 0 saturated heterocycles. The first-order valence-corrected chi connectivity index (χ1v) is 4.66. The Morgan fingerprint density at radius 1 is 1.45 bits per heavy atom. The lowest BCUT2D eigenvalue weighted by molar-refractivity contribution is 0.515. The lowest BCUT2D eigenvalue weighted by Crippen LogP contribution is -1.91. The molecule has 0 aromatic carbocycles. The van der Waals surface area contributed by atoms with Crippen molar-refractivity contribution < 1.29 is 0 Å². The Morgan fingerprint density at radius 2 is 2.27 bits per heavy atom. The van der Waals surface area contributed by atoms with Crippen molar-refractivity contribution in [1.29, 1.82) is 0 Å². The van der Waals surface area contributed by atoms with Crippen molar-refractivity contribution in [2.75, 3.05) is 0 Å². The summed E-state index contributed by atoms with van der Waals surface area (Å²) in [7, 11) is 0. The van der Waals surface area contributed by atoms with E-state index in [0.717, 1.165) is 11.8 Å². The highest BCUT2D eigenvalue weighted by Gasteiger charge is 2.20. The van der Waals surface area contributed by atoms with Crippen molar-refractivity contribution in [2.24, 2.45) is 11.8 Å². The molecule has 1 aliphatic rings. The molecule has 1 fully saturated rings. The zero-order chi connectivity index (χ0) is 8.10. The second-order valence-corrected chi connectivity index (χ2v) is 3.47. The summed E-state index contributed by atoms with van der Waals surface area (Å²) in [6, 6.07) is 0. The van der Waals surface area contributed by atoms with Crippen molar-refractivity contribution >= 4 is 0 Å². The monoisotopic (exact) mass is 150 g/mol. The maximum Gasteiger partial charge on any atom is -0.0228 e. The molecule has 0 aromatic heterocycles. The standard InChI is InChI=1S/C11H18/c1-3-5-6-11-8-7-10(4-2)9-11/h3,5-6,10-11H,1,4,7-9H2,2H3/b6-5+. The van der Waals surface area contributed by atoms with E-state index in [1.807, 2.05) is 6.08 Å². The van der Waals surface area contributed by atoms with Gasteiger partial charge in [0.25, 0.3) is 0 Å². The summed E-state index contributed by atoms with van der Waals surface area (Å²) in [5.41, 5.74) is 0. The largest absolute Gasteiger partial charge is 0.0991 e. The molecule has 1 saturated carbocycles. The first kappa shape index (κ1) is 8.58. The Morgan fingerprint density at radius 3 is 2.82 bits per heavy atom. The van der Waals surface area contributed by atoms with Gasteiger partial charge >= 0.3 is 0 Å². The van der Waals surface area contributed by atoms with Crippen LogP contribution in [0.15, 0.2) is 24.8 Å². The van der Waals surface area contributed by atoms with Crippen LogP contribution in [0.4, 0.5) is 0 Å². The third kappa shape index (κ3) is 2.53. The fourth-order valence-corrected chi connectivity index (χ4v) is 1.89. The van der Waals surface area contributed by atoms with Crippen LogP contribution in [0.25, 0.3) is 0 Å². The number of hydrogen-bond acceptors (Lipinski definition) is 0. The number of rotatable bonds is 3. The molecule has 62 valence electrons. The Balaban J connectivity index is 2.29. The summed E-state index contributed by atoms with van der Waals surface area (Å²) in [4.78, 5) is 0. The highest BCUT2D eigenvalue weighted by atomic mass is 14.3. The molecular weight excluding hydrogens is 132 g/mol. The van der Waals surface area contributed by atoms with Gasteiger partial charge in [-0.05, 0) is 31.1 Å². The van der Waals surface area contributed by atoms with Gasteiger partial charge in [0.2, 0.25) is 0 Å². The molecule has 0 N–H and O–H groups in total. The molecule has 0 amide bonds. The van der Waals surface area contributed by atoms with Gasteiger partial charge in [0.1, 0.15) is 0 Å². The van der Waals surface area contributed by atoms with Crippen molar-refractivity contribution in [2.45, 2.75) is 32.6 Å². The van der Waals surface area contributed by atoms with Crippen LogP contribution in [0.5, 0.6) is 0 Å². The van der Waals surface area contributed by atoms with E-state index in [2.05, 4.69) is 25.7 Å². The molecule has 1 rings (SSSR count). The van der Waals surface area contributed by atoms with Crippen molar-refractivity contribution in [3.63, 3.8) is 0 Å². The second kappa shape index (κ2) is 4.38. The van der Waals surface area contributed by atoms with Gasteiger partial charge in [-0.15, -0.1) is 0 Å². The lowest BCUT2D eigenvalue weighted by Gasteiger charge is -2.03. The highest BCUT2D eigenvalue weighted by molar-refractivity contribution is 5.01. The van der Waals surface area contributed by atoms with Crippen LogP contribution >= 0.6 is 0 Å². The third-order valence-electron chi connectivity index (χ3n) is 2.68. The predicted octanol–water partition coefficient (Wildman–Crippen LogP) is 3.55. The van der Waals surface area contributed by atoms with Gasteiger partial charge in [-0.2, -0.15) is 0 Å². The van der Waals surface area contributed by atoms with E-state index in [-0.39, 0.29) is 0 Å². The second-order valence-electron chi connectivity index (χ2n) is 3.47. The van der Waals surface area contributed by atoms with Crippen molar-refractivity contribution in [1.82, 2.24) is 0 Å². The Hall–Kier alpha value is -0.520. The van der Waals surface area contributed by atoms with E-state index >= 15 is 0 Å². The van der Waals surface area contributed by atoms with E-state index in [1.165, 1.54) is 25.7 Å². The van der Waals surface area contributed by atoms with Crippen LogP contribution in [0, 0.1) is 11.8 Å². The molecule has 0 radical (unpaired) electrons. The quantitative estimate of drug-likeness (QED) is 0.540. The fraction of sp³-hybridized carbons (Fsp3) is 0.636. The SMILES string of the molecule is C=C/C=C/C1CCC(CC)C1. The maximum atomic E-state index is 3.67. The van der Waals surface area contributed by atoms with Crippen LogP contribution in [0.2, 0.25) is 0 Å². The lowest BCUT2D eigenvalue weighted by atomic mass is 10.0. The molecule has 0 spiro atoms. The first-order chi connectivity index (χ1) is 5.36. The maximum absolute atomic E-state index is 3.67. The summed E-state index contributed by atoms with van der Waals surface area (Å²) < 4.78 is 0. The van der Waals surface area contributed by atoms with Gasteiger partial charge in [-0.25, -0.2) is 0 Å². The molecule has 0 nitrogen and oxygen atoms in total. The van der Waals surface area contributed by atoms with E-state index in [9.17, 15) is 0 Å². The molecule has 0 bridgehead atoms. The topological polar surface area (TPSA) is 0 Å².